The lowest BCUT2D eigenvalue weighted by Crippen LogP contribution is -2.34. The fourth-order valence-electron chi connectivity index (χ4n) is 2.37. The lowest BCUT2D eigenvalue weighted by atomic mass is 10.1. The Morgan fingerprint density at radius 1 is 1.00 bits per heavy atom. The van der Waals surface area contributed by atoms with Crippen LogP contribution in [0.15, 0.2) is 54.6 Å². The molecule has 2 aromatic rings. The number of hydrogen-bond acceptors (Lipinski definition) is 3. The zero-order valence-corrected chi connectivity index (χ0v) is 15.4. The van der Waals surface area contributed by atoms with Gasteiger partial charge in [-0.3, -0.25) is 4.79 Å². The number of aryl methyl sites for hydroxylation is 1. The average molecular weight is 360 g/mol. The van der Waals surface area contributed by atoms with E-state index < -0.39 is 10.0 Å². The van der Waals surface area contributed by atoms with E-state index >= 15 is 0 Å². The minimum Gasteiger partial charge on any atom is -0.352 e. The zero-order valence-electron chi connectivity index (χ0n) is 14.6. The van der Waals surface area contributed by atoms with E-state index in [-0.39, 0.29) is 25.4 Å². The van der Waals surface area contributed by atoms with E-state index in [2.05, 4.69) is 5.32 Å². The second-order valence-corrected chi connectivity index (χ2v) is 8.08. The Morgan fingerprint density at radius 2 is 1.64 bits per heavy atom. The van der Waals surface area contributed by atoms with Gasteiger partial charge in [-0.25, -0.2) is 8.42 Å². The first kappa shape index (κ1) is 19.1. The molecule has 0 radical (unpaired) electrons. The van der Waals surface area contributed by atoms with Crippen LogP contribution in [0.5, 0.6) is 0 Å². The molecular weight excluding hydrogens is 336 g/mol. The van der Waals surface area contributed by atoms with Crippen LogP contribution in [0.25, 0.3) is 0 Å². The Hall–Kier alpha value is -2.18. The standard InChI is InChI=1S/C19H24N2O3S/c1-16-8-10-18(11-9-16)15-21(25(2,23)24)13-12-19(22)20-14-17-6-4-3-5-7-17/h3-11H,12-15H2,1-2H3,(H,20,22). The number of nitrogens with one attached hydrogen (secondary N) is 1. The van der Waals surface area contributed by atoms with Crippen molar-refractivity contribution in [2.75, 3.05) is 12.8 Å². The van der Waals surface area contributed by atoms with Crippen molar-refractivity contribution in [2.24, 2.45) is 0 Å². The largest absolute Gasteiger partial charge is 0.352 e. The van der Waals surface area contributed by atoms with Gasteiger partial charge in [0.25, 0.3) is 0 Å². The fourth-order valence-corrected chi connectivity index (χ4v) is 3.18. The van der Waals surface area contributed by atoms with Crippen molar-refractivity contribution in [2.45, 2.75) is 26.4 Å². The quantitative estimate of drug-likeness (QED) is 0.786. The van der Waals surface area contributed by atoms with E-state index in [1.165, 1.54) is 10.6 Å². The summed E-state index contributed by atoms with van der Waals surface area (Å²) in [6, 6.07) is 17.3. The van der Waals surface area contributed by atoms with E-state index in [1.54, 1.807) is 0 Å². The molecule has 0 bridgehead atoms. The fraction of sp³-hybridized carbons (Fsp3) is 0.316. The summed E-state index contributed by atoms with van der Waals surface area (Å²) in [5.74, 6) is -0.165. The van der Waals surface area contributed by atoms with Gasteiger partial charge >= 0.3 is 0 Å². The number of nitrogens with zero attached hydrogens (tertiary/aromatic N) is 1. The van der Waals surface area contributed by atoms with Gasteiger partial charge in [0.15, 0.2) is 0 Å². The lowest BCUT2D eigenvalue weighted by Gasteiger charge is -2.20. The van der Waals surface area contributed by atoms with Crippen LogP contribution >= 0.6 is 0 Å². The summed E-state index contributed by atoms with van der Waals surface area (Å²) in [6.45, 7) is 2.85. The predicted molar refractivity (Wildman–Crippen MR) is 99.3 cm³/mol. The summed E-state index contributed by atoms with van der Waals surface area (Å²) in [5.41, 5.74) is 3.03. The first-order valence-corrected chi connectivity index (χ1v) is 10.0. The SMILES string of the molecule is Cc1ccc(CN(CCC(=O)NCc2ccccc2)S(C)(=O)=O)cc1. The normalized spacial score (nSPS) is 11.5. The van der Waals surface area contributed by atoms with Crippen LogP contribution in [-0.2, 0) is 27.9 Å². The maximum atomic E-state index is 12.0. The monoisotopic (exact) mass is 360 g/mol. The molecule has 0 aliphatic heterocycles. The molecule has 1 N–H and O–H groups in total. The van der Waals surface area contributed by atoms with Gasteiger partial charge in [-0.05, 0) is 18.1 Å². The minimum absolute atomic E-state index is 0.131. The first-order valence-electron chi connectivity index (χ1n) is 8.16. The molecule has 0 aliphatic rings. The molecule has 6 heteroatoms. The molecule has 134 valence electrons. The molecule has 0 heterocycles. The highest BCUT2D eigenvalue weighted by Gasteiger charge is 2.18. The number of sulfonamides is 1. The molecule has 0 saturated carbocycles. The molecule has 25 heavy (non-hydrogen) atoms. The molecule has 5 nitrogen and oxygen atoms in total. The molecular formula is C19H24N2O3S. The summed E-state index contributed by atoms with van der Waals surface area (Å²) >= 11 is 0. The van der Waals surface area contributed by atoms with Crippen LogP contribution in [0.3, 0.4) is 0 Å². The van der Waals surface area contributed by atoms with E-state index in [1.807, 2.05) is 61.5 Å². The number of carbonyl (C=O) groups excluding carboxylic acids is 1. The summed E-state index contributed by atoms with van der Waals surface area (Å²) in [6.07, 6.45) is 1.30. The van der Waals surface area contributed by atoms with Crippen molar-refractivity contribution in [1.82, 2.24) is 9.62 Å². The first-order chi connectivity index (χ1) is 11.8. The second kappa shape index (κ2) is 8.78. The van der Waals surface area contributed by atoms with Gasteiger partial charge in [-0.15, -0.1) is 0 Å². The highest BCUT2D eigenvalue weighted by atomic mass is 32.2. The van der Waals surface area contributed by atoms with Crippen molar-refractivity contribution in [3.63, 3.8) is 0 Å². The second-order valence-electron chi connectivity index (χ2n) is 6.09. The molecule has 2 rings (SSSR count). The summed E-state index contributed by atoms with van der Waals surface area (Å²) in [5, 5.41) is 2.82. The van der Waals surface area contributed by atoms with Gasteiger partial charge in [-0.2, -0.15) is 4.31 Å². The number of hydrogen-bond donors (Lipinski definition) is 1. The molecule has 0 atom stereocenters. The van der Waals surface area contributed by atoms with Crippen molar-refractivity contribution in [3.8, 4) is 0 Å². The molecule has 0 unspecified atom stereocenters. The van der Waals surface area contributed by atoms with E-state index in [0.717, 1.165) is 16.7 Å². The lowest BCUT2D eigenvalue weighted by molar-refractivity contribution is -0.121. The van der Waals surface area contributed by atoms with E-state index in [4.69, 9.17) is 0 Å². The Bertz CT molecular complexity index is 787. The van der Waals surface area contributed by atoms with Crippen molar-refractivity contribution < 1.29 is 13.2 Å². The number of benzene rings is 2. The molecule has 1 amide bonds. The Labute approximate surface area is 149 Å². The predicted octanol–water partition coefficient (Wildman–Crippen LogP) is 2.46. The summed E-state index contributed by atoms with van der Waals surface area (Å²) in [7, 11) is -3.38. The van der Waals surface area contributed by atoms with Gasteiger partial charge in [0.2, 0.25) is 15.9 Å². The maximum absolute atomic E-state index is 12.0. The van der Waals surface area contributed by atoms with Crippen LogP contribution in [-0.4, -0.2) is 31.4 Å². The van der Waals surface area contributed by atoms with Gasteiger partial charge in [0.1, 0.15) is 0 Å². The highest BCUT2D eigenvalue weighted by molar-refractivity contribution is 7.88. The minimum atomic E-state index is -3.38. The van der Waals surface area contributed by atoms with Crippen molar-refractivity contribution in [3.05, 3.63) is 71.3 Å². The summed E-state index contributed by atoms with van der Waals surface area (Å²) in [4.78, 5) is 12.0. The van der Waals surface area contributed by atoms with Gasteiger partial charge in [0.05, 0.1) is 6.26 Å². The van der Waals surface area contributed by atoms with Crippen molar-refractivity contribution >= 4 is 15.9 Å². The third kappa shape index (κ3) is 6.68. The average Bonchev–Trinajstić information content (AvgIpc) is 2.58. The van der Waals surface area contributed by atoms with Crippen molar-refractivity contribution in [1.29, 1.82) is 0 Å². The van der Waals surface area contributed by atoms with Crippen LogP contribution in [0, 0.1) is 6.92 Å². The van der Waals surface area contributed by atoms with E-state index in [0.29, 0.717) is 6.54 Å². The topological polar surface area (TPSA) is 66.5 Å². The van der Waals surface area contributed by atoms with Crippen LogP contribution in [0.2, 0.25) is 0 Å². The van der Waals surface area contributed by atoms with Gasteiger partial charge in [-0.1, -0.05) is 60.2 Å². The third-order valence-electron chi connectivity index (χ3n) is 3.87. The molecule has 2 aromatic carbocycles. The van der Waals surface area contributed by atoms with Crippen LogP contribution in [0.1, 0.15) is 23.1 Å². The Balaban J connectivity index is 1.89. The number of carbonyl (C=O) groups is 1. The highest BCUT2D eigenvalue weighted by Crippen LogP contribution is 2.10. The maximum Gasteiger partial charge on any atom is 0.221 e. The molecule has 0 fully saturated rings. The van der Waals surface area contributed by atoms with E-state index in [9.17, 15) is 13.2 Å². The van der Waals surface area contributed by atoms with Gasteiger partial charge < -0.3 is 5.32 Å². The Kier molecular flexibility index (Phi) is 6.73. The smallest absolute Gasteiger partial charge is 0.221 e. The number of amides is 1. The van der Waals surface area contributed by atoms with Crippen LogP contribution in [0.4, 0.5) is 0 Å². The molecule has 0 saturated heterocycles. The van der Waals surface area contributed by atoms with Gasteiger partial charge in [0, 0.05) is 26.1 Å². The summed E-state index contributed by atoms with van der Waals surface area (Å²) < 4.78 is 25.3. The number of rotatable bonds is 8. The van der Waals surface area contributed by atoms with Crippen LogP contribution < -0.4 is 5.32 Å². The molecule has 0 aliphatic carbocycles. The third-order valence-corrected chi connectivity index (χ3v) is 5.12. The molecule has 0 spiro atoms. The Morgan fingerprint density at radius 3 is 2.24 bits per heavy atom. The zero-order chi connectivity index (χ0) is 18.3. The molecule has 0 aromatic heterocycles.